The topological polar surface area (TPSA) is 158 Å². The van der Waals surface area contributed by atoms with Gasteiger partial charge in [-0.1, -0.05) is 19.4 Å². The van der Waals surface area contributed by atoms with Crippen molar-refractivity contribution in [1.82, 2.24) is 0 Å². The minimum atomic E-state index is -1.44. The molecule has 0 amide bonds. The lowest BCUT2D eigenvalue weighted by Gasteiger charge is -2.56. The zero-order valence-corrected chi connectivity index (χ0v) is 22.2. The fourth-order valence-corrected chi connectivity index (χ4v) is 6.96. The monoisotopic (exact) mass is 524 g/mol. The molecule has 2 N–H and O–H groups in total. The van der Waals surface area contributed by atoms with Gasteiger partial charge in [-0.3, -0.25) is 14.4 Å². The summed E-state index contributed by atoms with van der Waals surface area (Å²) >= 11 is 0. The van der Waals surface area contributed by atoms with Crippen molar-refractivity contribution in [3.8, 4) is 0 Å². The van der Waals surface area contributed by atoms with Gasteiger partial charge in [-0.25, -0.2) is 4.79 Å². The number of carbonyl (C=O) groups excluding carboxylic acids is 4. The van der Waals surface area contributed by atoms with Gasteiger partial charge in [0.05, 0.1) is 6.10 Å². The molecule has 0 aromatic heterocycles. The van der Waals surface area contributed by atoms with Crippen LogP contribution >= 0.6 is 0 Å². The van der Waals surface area contributed by atoms with E-state index in [9.17, 15) is 29.4 Å². The molecule has 0 radical (unpaired) electrons. The Morgan fingerprint density at radius 2 is 1.62 bits per heavy atom. The summed E-state index contributed by atoms with van der Waals surface area (Å²) in [7, 11) is 0. The van der Waals surface area contributed by atoms with E-state index in [2.05, 4.69) is 0 Å². The van der Waals surface area contributed by atoms with Crippen LogP contribution in [0.25, 0.3) is 0 Å². The quantitative estimate of drug-likeness (QED) is 0.234. The van der Waals surface area contributed by atoms with Crippen LogP contribution in [-0.2, 0) is 42.9 Å². The van der Waals surface area contributed by atoms with Gasteiger partial charge < -0.3 is 33.9 Å². The third kappa shape index (κ3) is 4.06. The highest BCUT2D eigenvalue weighted by Gasteiger charge is 2.87. The number of aliphatic hydroxyl groups excluding tert-OH is 2. The largest absolute Gasteiger partial charge is 0.462 e. The highest BCUT2D eigenvalue weighted by molar-refractivity contribution is 5.89. The maximum Gasteiger partial charge on any atom is 0.342 e. The number of epoxide rings is 1. The summed E-state index contributed by atoms with van der Waals surface area (Å²) in [6.45, 7) is 10.3. The van der Waals surface area contributed by atoms with Crippen LogP contribution in [0.1, 0.15) is 61.3 Å². The normalized spacial score (nSPS) is 48.1. The molecule has 0 unspecified atom stereocenters. The van der Waals surface area contributed by atoms with Crippen LogP contribution in [0.2, 0.25) is 0 Å². The fourth-order valence-electron chi connectivity index (χ4n) is 6.96. The van der Waals surface area contributed by atoms with Crippen molar-refractivity contribution in [3.05, 3.63) is 11.6 Å². The minimum Gasteiger partial charge on any atom is -0.462 e. The van der Waals surface area contributed by atoms with Gasteiger partial charge in [-0.05, 0) is 25.8 Å². The second-order valence-electron chi connectivity index (χ2n) is 11.2. The Morgan fingerprint density at radius 1 is 1.03 bits per heavy atom. The van der Waals surface area contributed by atoms with Gasteiger partial charge in [0.2, 0.25) is 0 Å². The van der Waals surface area contributed by atoms with Crippen LogP contribution in [0.15, 0.2) is 11.6 Å². The molecule has 1 spiro atoms. The lowest BCUT2D eigenvalue weighted by atomic mass is 9.53. The predicted octanol–water partition coefficient (Wildman–Crippen LogP) is 0.969. The number of fused-ring (bicyclic) bond motifs is 1. The predicted molar refractivity (Wildman–Crippen MR) is 125 cm³/mol. The maximum absolute atomic E-state index is 12.9. The molecule has 11 heteroatoms. The SMILES string of the molecule is CC(=O)O[C@H]1C/C(C)=C\[C@@H]2OC(=O)[C@]3(C)O[C@]23[C@@H](OC(C)=O)[C@H]2[C@@H](C)[C@@H](O)C[C@H](OC(C)=O)[C@]2(C)[C@H]1O. The summed E-state index contributed by atoms with van der Waals surface area (Å²) in [5.41, 5.74) is -3.66. The van der Waals surface area contributed by atoms with E-state index in [-0.39, 0.29) is 12.8 Å². The molecule has 0 bridgehead atoms. The highest BCUT2D eigenvalue weighted by atomic mass is 16.7. The molecular weight excluding hydrogens is 488 g/mol. The number of hydrogen-bond donors (Lipinski definition) is 2. The molecule has 206 valence electrons. The fraction of sp³-hybridized carbons (Fsp3) is 0.769. The minimum absolute atomic E-state index is 0.0107. The molecule has 2 heterocycles. The van der Waals surface area contributed by atoms with Gasteiger partial charge in [0.1, 0.15) is 24.4 Å². The Morgan fingerprint density at radius 3 is 2.16 bits per heavy atom. The molecule has 11 atom stereocenters. The number of hydrogen-bond acceptors (Lipinski definition) is 11. The number of esters is 4. The van der Waals surface area contributed by atoms with Crippen LogP contribution in [0.3, 0.4) is 0 Å². The molecule has 2 aliphatic heterocycles. The Balaban J connectivity index is 2.00. The van der Waals surface area contributed by atoms with Gasteiger partial charge in [0, 0.05) is 44.9 Å². The number of carbonyl (C=O) groups is 4. The third-order valence-electron chi connectivity index (χ3n) is 8.78. The smallest absolute Gasteiger partial charge is 0.342 e. The van der Waals surface area contributed by atoms with Crippen molar-refractivity contribution in [2.45, 2.75) is 109 Å². The van der Waals surface area contributed by atoms with Crippen LogP contribution in [0.4, 0.5) is 0 Å². The maximum atomic E-state index is 12.9. The molecule has 2 saturated heterocycles. The molecule has 3 fully saturated rings. The van der Waals surface area contributed by atoms with Gasteiger partial charge in [-0.15, -0.1) is 0 Å². The zero-order valence-electron chi connectivity index (χ0n) is 22.2. The summed E-state index contributed by atoms with van der Waals surface area (Å²) in [6.07, 6.45) is -4.97. The van der Waals surface area contributed by atoms with E-state index >= 15 is 0 Å². The van der Waals surface area contributed by atoms with E-state index in [1.54, 1.807) is 33.8 Å². The molecule has 2 aliphatic carbocycles. The summed E-state index contributed by atoms with van der Waals surface area (Å²) in [5, 5.41) is 23.0. The standard InChI is InChI=1S/C26H36O11/c1-11-8-17(33-13(3)27)21(31)24(6)18(34-14(4)28)10-16(30)12(2)20(24)22(35-15(5)29)26-19(9-11)36-23(32)25(26,7)37-26/h9,12,16-22,30-31H,8,10H2,1-7H3/b11-9-/t12-,16-,17-,18-,19-,20+,21-,22-,24-,25-,26-/m0/s1. The van der Waals surface area contributed by atoms with E-state index in [1.807, 2.05) is 0 Å². The molecule has 0 aromatic rings. The zero-order chi connectivity index (χ0) is 27.7. The summed E-state index contributed by atoms with van der Waals surface area (Å²) in [4.78, 5) is 49.6. The Labute approximate surface area is 215 Å². The van der Waals surface area contributed by atoms with Crippen molar-refractivity contribution < 1.29 is 53.1 Å². The van der Waals surface area contributed by atoms with E-state index in [1.165, 1.54) is 20.8 Å². The van der Waals surface area contributed by atoms with Gasteiger partial charge in [0.25, 0.3) is 0 Å². The first-order chi connectivity index (χ1) is 17.1. The van der Waals surface area contributed by atoms with Crippen molar-refractivity contribution in [2.24, 2.45) is 17.3 Å². The van der Waals surface area contributed by atoms with Crippen molar-refractivity contribution in [2.75, 3.05) is 0 Å². The second kappa shape index (κ2) is 9.06. The Hall–Kier alpha value is -2.50. The van der Waals surface area contributed by atoms with Crippen molar-refractivity contribution in [3.63, 3.8) is 0 Å². The van der Waals surface area contributed by atoms with Crippen molar-refractivity contribution in [1.29, 1.82) is 0 Å². The molecule has 37 heavy (non-hydrogen) atoms. The van der Waals surface area contributed by atoms with Crippen LogP contribution in [-0.4, -0.2) is 81.9 Å². The molecule has 0 aromatic carbocycles. The van der Waals surface area contributed by atoms with Crippen LogP contribution in [0.5, 0.6) is 0 Å². The van der Waals surface area contributed by atoms with Gasteiger partial charge >= 0.3 is 23.9 Å². The van der Waals surface area contributed by atoms with Crippen LogP contribution in [0, 0.1) is 17.3 Å². The van der Waals surface area contributed by atoms with Gasteiger partial charge in [0.15, 0.2) is 17.3 Å². The Kier molecular flexibility index (Phi) is 6.74. The molecular formula is C26H36O11. The highest BCUT2D eigenvalue weighted by Crippen LogP contribution is 2.65. The van der Waals surface area contributed by atoms with Crippen molar-refractivity contribution >= 4 is 23.9 Å². The summed E-state index contributed by atoms with van der Waals surface area (Å²) in [5.74, 6) is -4.10. The lowest BCUT2D eigenvalue weighted by Crippen LogP contribution is -2.67. The first kappa shape index (κ1) is 27.5. The molecule has 4 rings (SSSR count). The van der Waals surface area contributed by atoms with Crippen LogP contribution < -0.4 is 0 Å². The number of ether oxygens (including phenoxy) is 5. The molecule has 4 aliphatic rings. The molecule has 11 nitrogen and oxygen atoms in total. The number of rotatable bonds is 3. The average Bonchev–Trinajstić information content (AvgIpc) is 3.36. The Bertz CT molecular complexity index is 1040. The second-order valence-corrected chi connectivity index (χ2v) is 11.2. The number of aliphatic hydroxyl groups is 2. The summed E-state index contributed by atoms with van der Waals surface area (Å²) in [6, 6.07) is 0. The van der Waals surface area contributed by atoms with E-state index in [0.29, 0.717) is 5.57 Å². The first-order valence-corrected chi connectivity index (χ1v) is 12.6. The first-order valence-electron chi connectivity index (χ1n) is 12.6. The van der Waals surface area contributed by atoms with Gasteiger partial charge in [-0.2, -0.15) is 0 Å². The van der Waals surface area contributed by atoms with E-state index < -0.39 is 89.0 Å². The van der Waals surface area contributed by atoms with E-state index in [0.717, 1.165) is 0 Å². The van der Waals surface area contributed by atoms with E-state index in [4.69, 9.17) is 23.7 Å². The lowest BCUT2D eigenvalue weighted by molar-refractivity contribution is -0.239. The summed E-state index contributed by atoms with van der Waals surface area (Å²) < 4.78 is 28.9. The average molecular weight is 525 g/mol. The molecule has 1 saturated carbocycles. The third-order valence-corrected chi connectivity index (χ3v) is 8.78.